The van der Waals surface area contributed by atoms with Crippen LogP contribution in [0.25, 0.3) is 0 Å². The number of aryl methyl sites for hydroxylation is 1. The smallest absolute Gasteiger partial charge is 0.271 e. The predicted octanol–water partition coefficient (Wildman–Crippen LogP) is 0.702. The van der Waals surface area contributed by atoms with Gasteiger partial charge in [0, 0.05) is 17.8 Å². The van der Waals surface area contributed by atoms with Crippen LogP contribution in [-0.4, -0.2) is 24.0 Å². The topological polar surface area (TPSA) is 68.0 Å². The lowest BCUT2D eigenvalue weighted by Gasteiger charge is -1.98. The molecule has 1 aromatic rings. The molecule has 1 heterocycles. The van der Waals surface area contributed by atoms with Crippen molar-refractivity contribution in [3.63, 3.8) is 0 Å². The first-order valence-electron chi connectivity index (χ1n) is 4.63. The third-order valence-electron chi connectivity index (χ3n) is 1.75. The van der Waals surface area contributed by atoms with Gasteiger partial charge in [-0.1, -0.05) is 0 Å². The van der Waals surface area contributed by atoms with Crippen molar-refractivity contribution >= 4 is 17.2 Å². The number of hydrogen-bond donors (Lipinski definition) is 2. The van der Waals surface area contributed by atoms with Gasteiger partial charge in [0.15, 0.2) is 0 Å². The molecule has 0 atom stereocenters. The van der Waals surface area contributed by atoms with Gasteiger partial charge in [0.2, 0.25) is 0 Å². The minimum atomic E-state index is -0.0930. The summed E-state index contributed by atoms with van der Waals surface area (Å²) in [5.74, 6) is -0.0930. The lowest BCUT2D eigenvalue weighted by atomic mass is 10.3. The van der Waals surface area contributed by atoms with Crippen molar-refractivity contribution in [2.24, 2.45) is 5.73 Å². The van der Waals surface area contributed by atoms with Crippen LogP contribution in [0.1, 0.15) is 27.3 Å². The number of nitrogens with zero attached hydrogens (tertiary/aromatic N) is 1. The Labute approximate surface area is 87.5 Å². The number of rotatable bonds is 4. The van der Waals surface area contributed by atoms with E-state index < -0.39 is 0 Å². The largest absolute Gasteiger partial charge is 0.351 e. The number of carbonyl (C=O) groups is 1. The zero-order valence-corrected chi connectivity index (χ0v) is 9.28. The van der Waals surface area contributed by atoms with E-state index in [4.69, 9.17) is 5.73 Å². The van der Waals surface area contributed by atoms with E-state index in [0.717, 1.165) is 16.3 Å². The molecule has 0 radical (unpaired) electrons. The molecule has 4 nitrogen and oxygen atoms in total. The molecule has 5 heteroatoms. The SMILES string of the molecule is CCNC(=O)c1nc(CCN)sc1C. The van der Waals surface area contributed by atoms with Crippen molar-refractivity contribution in [2.45, 2.75) is 20.3 Å². The monoisotopic (exact) mass is 213 g/mol. The number of carbonyl (C=O) groups excluding carboxylic acids is 1. The van der Waals surface area contributed by atoms with Gasteiger partial charge in [-0.2, -0.15) is 0 Å². The number of amides is 1. The first kappa shape index (κ1) is 11.1. The number of nitrogens with one attached hydrogen (secondary N) is 1. The molecule has 0 saturated carbocycles. The third kappa shape index (κ3) is 2.52. The van der Waals surface area contributed by atoms with Crippen LogP contribution in [0.3, 0.4) is 0 Å². The number of thiazole rings is 1. The summed E-state index contributed by atoms with van der Waals surface area (Å²) in [6.45, 7) is 4.99. The summed E-state index contributed by atoms with van der Waals surface area (Å²) < 4.78 is 0. The van der Waals surface area contributed by atoms with E-state index in [1.54, 1.807) is 11.3 Å². The zero-order valence-electron chi connectivity index (χ0n) is 8.46. The highest BCUT2D eigenvalue weighted by Crippen LogP contribution is 2.17. The first-order valence-corrected chi connectivity index (χ1v) is 5.45. The minimum absolute atomic E-state index is 0.0930. The predicted molar refractivity (Wildman–Crippen MR) is 57.6 cm³/mol. The molecule has 1 amide bonds. The van der Waals surface area contributed by atoms with Gasteiger partial charge in [0.1, 0.15) is 5.69 Å². The van der Waals surface area contributed by atoms with Gasteiger partial charge < -0.3 is 11.1 Å². The van der Waals surface area contributed by atoms with Crippen LogP contribution in [0, 0.1) is 6.92 Å². The Balaban J connectivity index is 2.81. The molecule has 0 unspecified atom stereocenters. The first-order chi connectivity index (χ1) is 6.69. The summed E-state index contributed by atoms with van der Waals surface area (Å²) in [6, 6.07) is 0. The van der Waals surface area contributed by atoms with Gasteiger partial charge in [-0.05, 0) is 20.4 Å². The van der Waals surface area contributed by atoms with Crippen molar-refractivity contribution in [3.05, 3.63) is 15.6 Å². The third-order valence-corrected chi connectivity index (χ3v) is 2.78. The van der Waals surface area contributed by atoms with E-state index in [1.807, 2.05) is 13.8 Å². The van der Waals surface area contributed by atoms with Crippen LogP contribution in [0.4, 0.5) is 0 Å². The molecule has 14 heavy (non-hydrogen) atoms. The van der Waals surface area contributed by atoms with Gasteiger partial charge in [-0.3, -0.25) is 4.79 Å². The Bertz CT molecular complexity index is 322. The maximum Gasteiger partial charge on any atom is 0.271 e. The average molecular weight is 213 g/mol. The van der Waals surface area contributed by atoms with Gasteiger partial charge in [0.05, 0.1) is 5.01 Å². The number of hydrogen-bond acceptors (Lipinski definition) is 4. The van der Waals surface area contributed by atoms with Gasteiger partial charge in [-0.15, -0.1) is 11.3 Å². The van der Waals surface area contributed by atoms with Crippen LogP contribution in [0.2, 0.25) is 0 Å². The van der Waals surface area contributed by atoms with E-state index in [9.17, 15) is 4.79 Å². The Kier molecular flexibility index (Phi) is 4.03. The molecule has 3 N–H and O–H groups in total. The summed E-state index contributed by atoms with van der Waals surface area (Å²) in [4.78, 5) is 16.7. The molecule has 0 aliphatic heterocycles. The van der Waals surface area contributed by atoms with E-state index in [0.29, 0.717) is 18.8 Å². The molecular formula is C9H15N3OS. The fourth-order valence-corrected chi connectivity index (χ4v) is 2.08. The Hall–Kier alpha value is -0.940. The maximum atomic E-state index is 11.5. The fourth-order valence-electron chi connectivity index (χ4n) is 1.14. The molecule has 0 fully saturated rings. The highest BCUT2D eigenvalue weighted by Gasteiger charge is 2.13. The summed E-state index contributed by atoms with van der Waals surface area (Å²) in [5.41, 5.74) is 5.96. The average Bonchev–Trinajstić information content (AvgIpc) is 2.48. The summed E-state index contributed by atoms with van der Waals surface area (Å²) in [7, 11) is 0. The standard InChI is InChI=1S/C9H15N3OS/c1-3-11-9(13)8-6(2)14-7(12-8)4-5-10/h3-5,10H2,1-2H3,(H,11,13). The van der Waals surface area contributed by atoms with Crippen LogP contribution in [0.15, 0.2) is 0 Å². The molecule has 0 spiro atoms. The molecule has 1 aromatic heterocycles. The number of nitrogens with two attached hydrogens (primary N) is 1. The van der Waals surface area contributed by atoms with E-state index >= 15 is 0 Å². The van der Waals surface area contributed by atoms with Crippen molar-refractivity contribution in [2.75, 3.05) is 13.1 Å². The summed E-state index contributed by atoms with van der Waals surface area (Å²) in [6.07, 6.45) is 0.741. The second-order valence-corrected chi connectivity index (χ2v) is 4.20. The van der Waals surface area contributed by atoms with E-state index in [2.05, 4.69) is 10.3 Å². The van der Waals surface area contributed by atoms with Crippen LogP contribution < -0.4 is 11.1 Å². The quantitative estimate of drug-likeness (QED) is 0.773. The summed E-state index contributed by atoms with van der Waals surface area (Å²) in [5, 5.41) is 3.67. The molecule has 0 aromatic carbocycles. The van der Waals surface area contributed by atoms with Crippen molar-refractivity contribution in [1.29, 1.82) is 0 Å². The maximum absolute atomic E-state index is 11.5. The molecule has 0 saturated heterocycles. The fraction of sp³-hybridized carbons (Fsp3) is 0.556. The van der Waals surface area contributed by atoms with Crippen LogP contribution in [0.5, 0.6) is 0 Å². The van der Waals surface area contributed by atoms with Gasteiger partial charge in [0.25, 0.3) is 5.91 Å². The second-order valence-electron chi connectivity index (χ2n) is 2.91. The van der Waals surface area contributed by atoms with Crippen molar-refractivity contribution in [1.82, 2.24) is 10.3 Å². The molecular weight excluding hydrogens is 198 g/mol. The van der Waals surface area contributed by atoms with Gasteiger partial charge in [-0.25, -0.2) is 4.98 Å². The highest BCUT2D eigenvalue weighted by molar-refractivity contribution is 7.11. The lowest BCUT2D eigenvalue weighted by Crippen LogP contribution is -2.23. The molecule has 0 bridgehead atoms. The Morgan fingerprint density at radius 2 is 2.36 bits per heavy atom. The van der Waals surface area contributed by atoms with Crippen molar-refractivity contribution in [3.8, 4) is 0 Å². The zero-order chi connectivity index (χ0) is 10.6. The Morgan fingerprint density at radius 1 is 1.64 bits per heavy atom. The van der Waals surface area contributed by atoms with Crippen LogP contribution >= 0.6 is 11.3 Å². The summed E-state index contributed by atoms with van der Waals surface area (Å²) >= 11 is 1.54. The van der Waals surface area contributed by atoms with Crippen molar-refractivity contribution < 1.29 is 4.79 Å². The number of aromatic nitrogens is 1. The minimum Gasteiger partial charge on any atom is -0.351 e. The lowest BCUT2D eigenvalue weighted by molar-refractivity contribution is 0.0951. The van der Waals surface area contributed by atoms with Crippen LogP contribution in [-0.2, 0) is 6.42 Å². The highest BCUT2D eigenvalue weighted by atomic mass is 32.1. The molecule has 1 rings (SSSR count). The van der Waals surface area contributed by atoms with Gasteiger partial charge >= 0.3 is 0 Å². The molecule has 78 valence electrons. The van der Waals surface area contributed by atoms with E-state index in [-0.39, 0.29) is 5.91 Å². The van der Waals surface area contributed by atoms with E-state index in [1.165, 1.54) is 0 Å². The second kappa shape index (κ2) is 5.07. The molecule has 0 aliphatic rings. The molecule has 0 aliphatic carbocycles. The normalized spacial score (nSPS) is 10.2. The Morgan fingerprint density at radius 3 is 2.93 bits per heavy atom.